The van der Waals surface area contributed by atoms with Gasteiger partial charge in [0.25, 0.3) is 5.91 Å². The minimum absolute atomic E-state index is 0.00229. The van der Waals surface area contributed by atoms with Crippen molar-refractivity contribution < 1.29 is 19.1 Å². The number of nitrogens with zero attached hydrogens (tertiary/aromatic N) is 2. The number of carbonyl (C=O) groups is 3. The summed E-state index contributed by atoms with van der Waals surface area (Å²) in [6.45, 7) is 6.19. The number of imide groups is 1. The van der Waals surface area contributed by atoms with Crippen molar-refractivity contribution in [2.24, 2.45) is 0 Å². The van der Waals surface area contributed by atoms with Gasteiger partial charge in [-0.15, -0.1) is 0 Å². The summed E-state index contributed by atoms with van der Waals surface area (Å²) in [6, 6.07) is -0.305. The Kier molecular flexibility index (Phi) is 4.68. The lowest BCUT2D eigenvalue weighted by molar-refractivity contribution is -0.135. The Bertz CT molecular complexity index is 565. The van der Waals surface area contributed by atoms with Gasteiger partial charge in [-0.05, 0) is 46.5 Å². The number of hydrogen-bond acceptors (Lipinski definition) is 4. The Hall–Kier alpha value is -1.79. The topological polar surface area (TPSA) is 79.0 Å². The molecule has 3 fully saturated rings. The molecule has 3 aliphatic rings. The molecule has 2 heterocycles. The predicted octanol–water partition coefficient (Wildman–Crippen LogP) is 2.64. The van der Waals surface area contributed by atoms with Gasteiger partial charge in [0.15, 0.2) is 0 Å². The van der Waals surface area contributed by atoms with Crippen LogP contribution in [0.4, 0.5) is 9.59 Å². The fourth-order valence-corrected chi connectivity index (χ4v) is 4.13. The molecule has 1 atom stereocenters. The molecule has 2 saturated heterocycles. The molecule has 1 aliphatic carbocycles. The third kappa shape index (κ3) is 3.60. The van der Waals surface area contributed by atoms with Gasteiger partial charge in [0.2, 0.25) is 0 Å². The first-order valence-electron chi connectivity index (χ1n) is 9.36. The molecule has 0 aromatic carbocycles. The van der Waals surface area contributed by atoms with Crippen molar-refractivity contribution in [1.29, 1.82) is 0 Å². The molecule has 3 rings (SSSR count). The second kappa shape index (κ2) is 6.50. The van der Waals surface area contributed by atoms with Crippen molar-refractivity contribution in [3.05, 3.63) is 0 Å². The van der Waals surface area contributed by atoms with E-state index < -0.39 is 17.2 Å². The molecule has 0 bridgehead atoms. The van der Waals surface area contributed by atoms with Gasteiger partial charge in [-0.1, -0.05) is 19.3 Å². The van der Waals surface area contributed by atoms with Crippen LogP contribution in [0.15, 0.2) is 0 Å². The van der Waals surface area contributed by atoms with Gasteiger partial charge in [-0.2, -0.15) is 0 Å². The first-order valence-corrected chi connectivity index (χ1v) is 9.36. The number of amides is 4. The molecule has 0 aromatic heterocycles. The SMILES string of the molecule is CC(C)(C)OC(=O)N1CCCC2(C1)NC(=O)N(C1CCCCC1)C2=O. The second-order valence-corrected chi connectivity index (χ2v) is 8.48. The lowest BCUT2D eigenvalue weighted by atomic mass is 9.88. The fourth-order valence-electron chi connectivity index (χ4n) is 4.13. The van der Waals surface area contributed by atoms with E-state index in [1.165, 1.54) is 4.90 Å². The van der Waals surface area contributed by atoms with Crippen LogP contribution in [0.2, 0.25) is 0 Å². The summed E-state index contributed by atoms with van der Waals surface area (Å²) in [5, 5.41) is 2.90. The largest absolute Gasteiger partial charge is 0.444 e. The van der Waals surface area contributed by atoms with E-state index in [2.05, 4.69) is 5.32 Å². The first-order chi connectivity index (χ1) is 11.7. The standard InChI is InChI=1S/C18H29N3O4/c1-17(2,3)25-16(24)20-11-7-10-18(12-20)14(22)21(15(23)19-18)13-8-5-4-6-9-13/h13H,4-12H2,1-3H3,(H,19,23). The summed E-state index contributed by atoms with van der Waals surface area (Å²) in [7, 11) is 0. The molecular weight excluding hydrogens is 322 g/mol. The summed E-state index contributed by atoms with van der Waals surface area (Å²) in [5.41, 5.74) is -1.57. The number of urea groups is 1. The second-order valence-electron chi connectivity index (χ2n) is 8.48. The fraction of sp³-hybridized carbons (Fsp3) is 0.833. The molecule has 1 spiro atoms. The third-order valence-electron chi connectivity index (χ3n) is 5.28. The smallest absolute Gasteiger partial charge is 0.410 e. The monoisotopic (exact) mass is 351 g/mol. The number of nitrogens with one attached hydrogen (secondary N) is 1. The van der Waals surface area contributed by atoms with E-state index in [0.717, 1.165) is 32.1 Å². The number of rotatable bonds is 1. The van der Waals surface area contributed by atoms with E-state index in [-0.39, 0.29) is 24.5 Å². The van der Waals surface area contributed by atoms with Crippen LogP contribution in [-0.2, 0) is 9.53 Å². The van der Waals surface area contributed by atoms with E-state index in [0.29, 0.717) is 19.4 Å². The summed E-state index contributed by atoms with van der Waals surface area (Å²) >= 11 is 0. The maximum Gasteiger partial charge on any atom is 0.410 e. The van der Waals surface area contributed by atoms with Gasteiger partial charge in [0, 0.05) is 12.6 Å². The summed E-state index contributed by atoms with van der Waals surface area (Å²) in [4.78, 5) is 41.0. The van der Waals surface area contributed by atoms with Crippen molar-refractivity contribution in [3.63, 3.8) is 0 Å². The highest BCUT2D eigenvalue weighted by atomic mass is 16.6. The third-order valence-corrected chi connectivity index (χ3v) is 5.28. The van der Waals surface area contributed by atoms with Gasteiger partial charge in [0.05, 0.1) is 6.54 Å². The summed E-state index contributed by atoms with van der Waals surface area (Å²) < 4.78 is 5.43. The molecule has 0 radical (unpaired) electrons. The lowest BCUT2D eigenvalue weighted by Crippen LogP contribution is -2.60. The molecule has 1 saturated carbocycles. The minimum atomic E-state index is -0.982. The Morgan fingerprint density at radius 1 is 1.16 bits per heavy atom. The van der Waals surface area contributed by atoms with Crippen LogP contribution in [0, 0.1) is 0 Å². The average Bonchev–Trinajstić information content (AvgIpc) is 2.77. The number of likely N-dealkylation sites (tertiary alicyclic amines) is 1. The van der Waals surface area contributed by atoms with E-state index in [9.17, 15) is 14.4 Å². The normalized spacial score (nSPS) is 28.4. The Morgan fingerprint density at radius 2 is 1.84 bits per heavy atom. The minimum Gasteiger partial charge on any atom is -0.444 e. The van der Waals surface area contributed by atoms with E-state index in [1.807, 2.05) is 20.8 Å². The molecule has 1 N–H and O–H groups in total. The van der Waals surface area contributed by atoms with Crippen LogP contribution in [0.5, 0.6) is 0 Å². The number of hydrogen-bond donors (Lipinski definition) is 1. The van der Waals surface area contributed by atoms with Crippen LogP contribution >= 0.6 is 0 Å². The highest BCUT2D eigenvalue weighted by Gasteiger charge is 2.55. The van der Waals surface area contributed by atoms with Crippen molar-refractivity contribution in [2.45, 2.75) is 82.9 Å². The van der Waals surface area contributed by atoms with Crippen molar-refractivity contribution in [3.8, 4) is 0 Å². The zero-order chi connectivity index (χ0) is 18.2. The molecule has 1 unspecified atom stereocenters. The maximum atomic E-state index is 13.1. The van der Waals surface area contributed by atoms with E-state index in [4.69, 9.17) is 4.74 Å². The van der Waals surface area contributed by atoms with Gasteiger partial charge in [0.1, 0.15) is 11.1 Å². The summed E-state index contributed by atoms with van der Waals surface area (Å²) in [5.74, 6) is -0.169. The molecule has 0 aromatic rings. The van der Waals surface area contributed by atoms with E-state index in [1.54, 1.807) is 4.90 Å². The van der Waals surface area contributed by atoms with Crippen LogP contribution in [0.3, 0.4) is 0 Å². The quantitative estimate of drug-likeness (QED) is 0.737. The zero-order valence-electron chi connectivity index (χ0n) is 15.5. The molecule has 2 aliphatic heterocycles. The van der Waals surface area contributed by atoms with Crippen molar-refractivity contribution in [1.82, 2.24) is 15.1 Å². The van der Waals surface area contributed by atoms with Gasteiger partial charge < -0.3 is 15.0 Å². The Labute approximate surface area is 149 Å². The van der Waals surface area contributed by atoms with Gasteiger partial charge in [-0.25, -0.2) is 9.59 Å². The number of ether oxygens (including phenoxy) is 1. The predicted molar refractivity (Wildman–Crippen MR) is 92.0 cm³/mol. The van der Waals surface area contributed by atoms with Gasteiger partial charge in [-0.3, -0.25) is 9.69 Å². The number of carbonyl (C=O) groups excluding carboxylic acids is 3. The van der Waals surface area contributed by atoms with Crippen LogP contribution in [0.1, 0.15) is 65.7 Å². The van der Waals surface area contributed by atoms with E-state index >= 15 is 0 Å². The Balaban J connectivity index is 1.73. The number of piperidine rings is 1. The molecule has 4 amide bonds. The van der Waals surface area contributed by atoms with Crippen molar-refractivity contribution >= 4 is 18.0 Å². The average molecular weight is 351 g/mol. The highest BCUT2D eigenvalue weighted by Crippen LogP contribution is 2.33. The zero-order valence-corrected chi connectivity index (χ0v) is 15.5. The first kappa shape index (κ1) is 18.0. The van der Waals surface area contributed by atoms with Gasteiger partial charge >= 0.3 is 12.1 Å². The molecule has 25 heavy (non-hydrogen) atoms. The molecular formula is C18H29N3O4. The molecule has 7 heteroatoms. The summed E-state index contributed by atoms with van der Waals surface area (Å²) in [6.07, 6.45) is 5.85. The molecule has 7 nitrogen and oxygen atoms in total. The lowest BCUT2D eigenvalue weighted by Gasteiger charge is -2.39. The van der Waals surface area contributed by atoms with Crippen LogP contribution in [0.25, 0.3) is 0 Å². The van der Waals surface area contributed by atoms with Crippen LogP contribution < -0.4 is 5.32 Å². The Morgan fingerprint density at radius 3 is 2.48 bits per heavy atom. The highest BCUT2D eigenvalue weighted by molar-refractivity contribution is 6.07. The van der Waals surface area contributed by atoms with Crippen LogP contribution in [-0.4, -0.2) is 58.1 Å². The van der Waals surface area contributed by atoms with Crippen molar-refractivity contribution in [2.75, 3.05) is 13.1 Å². The maximum absolute atomic E-state index is 13.1. The molecule has 140 valence electrons.